The third-order valence-electron chi connectivity index (χ3n) is 5.47. The smallest absolute Gasteiger partial charge is 0.272 e. The summed E-state index contributed by atoms with van der Waals surface area (Å²) in [6.45, 7) is 3.18. The minimum atomic E-state index is -0.213. The highest BCUT2D eigenvalue weighted by Gasteiger charge is 2.25. The Hall–Kier alpha value is -3.13. The molecular formula is C23H26N4O3S. The van der Waals surface area contributed by atoms with Crippen LogP contribution in [0.3, 0.4) is 0 Å². The highest BCUT2D eigenvalue weighted by atomic mass is 32.1. The van der Waals surface area contributed by atoms with Crippen LogP contribution in [0.15, 0.2) is 42.5 Å². The highest BCUT2D eigenvalue weighted by Crippen LogP contribution is 2.26. The Bertz CT molecular complexity index is 1070. The third-order valence-corrected chi connectivity index (χ3v) is 6.50. The second-order valence-corrected chi connectivity index (χ2v) is 9.03. The van der Waals surface area contributed by atoms with E-state index in [1.165, 1.54) is 4.88 Å². The molecule has 1 aromatic carbocycles. The van der Waals surface area contributed by atoms with Crippen LogP contribution < -0.4 is 10.1 Å². The van der Waals surface area contributed by atoms with Crippen molar-refractivity contribution in [3.05, 3.63) is 58.6 Å². The van der Waals surface area contributed by atoms with Crippen LogP contribution in [0.2, 0.25) is 0 Å². The first-order valence-electron chi connectivity index (χ1n) is 10.4. The second-order valence-electron chi connectivity index (χ2n) is 7.74. The van der Waals surface area contributed by atoms with Gasteiger partial charge in [0.25, 0.3) is 5.91 Å². The first-order chi connectivity index (χ1) is 15.0. The summed E-state index contributed by atoms with van der Waals surface area (Å²) in [7, 11) is 1.63. The van der Waals surface area contributed by atoms with Crippen LogP contribution in [0.25, 0.3) is 10.6 Å². The van der Waals surface area contributed by atoms with Gasteiger partial charge in [-0.15, -0.1) is 11.3 Å². The summed E-state index contributed by atoms with van der Waals surface area (Å²) in [5.41, 5.74) is 2.23. The van der Waals surface area contributed by atoms with Crippen molar-refractivity contribution in [1.82, 2.24) is 20.4 Å². The first kappa shape index (κ1) is 21.1. The zero-order valence-corrected chi connectivity index (χ0v) is 18.5. The maximum atomic E-state index is 12.7. The lowest BCUT2D eigenvalue weighted by molar-refractivity contribution is -0.131. The number of benzene rings is 1. The van der Waals surface area contributed by atoms with Crippen molar-refractivity contribution in [3.8, 4) is 16.3 Å². The number of hydrogen-bond acceptors (Lipinski definition) is 5. The van der Waals surface area contributed by atoms with Crippen LogP contribution in [-0.4, -0.2) is 46.6 Å². The van der Waals surface area contributed by atoms with E-state index in [-0.39, 0.29) is 17.9 Å². The van der Waals surface area contributed by atoms with Gasteiger partial charge in [-0.2, -0.15) is 5.10 Å². The van der Waals surface area contributed by atoms with Crippen molar-refractivity contribution in [1.29, 1.82) is 0 Å². The number of aromatic amines is 1. The molecular weight excluding hydrogens is 412 g/mol. The summed E-state index contributed by atoms with van der Waals surface area (Å²) in [6, 6.07) is 13.5. The maximum Gasteiger partial charge on any atom is 0.272 e. The highest BCUT2D eigenvalue weighted by molar-refractivity contribution is 7.15. The quantitative estimate of drug-likeness (QED) is 0.613. The van der Waals surface area contributed by atoms with Crippen molar-refractivity contribution in [2.24, 2.45) is 0 Å². The van der Waals surface area contributed by atoms with Gasteiger partial charge < -0.3 is 15.0 Å². The minimum absolute atomic E-state index is 0.0594. The van der Waals surface area contributed by atoms with Crippen molar-refractivity contribution in [2.75, 3.05) is 13.7 Å². The number of carbonyl (C=O) groups is 2. The normalized spacial score (nSPS) is 16.8. The lowest BCUT2D eigenvalue weighted by atomic mass is 10.1. The number of hydrogen-bond donors (Lipinski definition) is 2. The molecule has 7 nitrogen and oxygen atoms in total. The van der Waals surface area contributed by atoms with Crippen molar-refractivity contribution in [2.45, 2.75) is 38.8 Å². The Morgan fingerprint density at radius 3 is 2.94 bits per heavy atom. The summed E-state index contributed by atoms with van der Waals surface area (Å²) < 4.78 is 5.27. The second kappa shape index (κ2) is 9.34. The third kappa shape index (κ3) is 5.14. The molecule has 1 aliphatic heterocycles. The van der Waals surface area contributed by atoms with Gasteiger partial charge in [0.05, 0.1) is 17.7 Å². The molecule has 2 amide bonds. The van der Waals surface area contributed by atoms with Crippen LogP contribution in [0.5, 0.6) is 5.75 Å². The summed E-state index contributed by atoms with van der Waals surface area (Å²) in [5.74, 6) is 0.671. The van der Waals surface area contributed by atoms with E-state index in [2.05, 4.69) is 15.5 Å². The molecule has 1 aliphatic rings. The van der Waals surface area contributed by atoms with Crippen molar-refractivity contribution >= 4 is 23.2 Å². The van der Waals surface area contributed by atoms with Crippen LogP contribution in [0.1, 0.15) is 40.2 Å². The van der Waals surface area contributed by atoms with E-state index >= 15 is 0 Å². The summed E-state index contributed by atoms with van der Waals surface area (Å²) >= 11 is 1.65. The van der Waals surface area contributed by atoms with Gasteiger partial charge in [-0.05, 0) is 55.7 Å². The van der Waals surface area contributed by atoms with Gasteiger partial charge in [-0.3, -0.25) is 14.7 Å². The molecule has 3 aromatic rings. The Morgan fingerprint density at radius 2 is 2.16 bits per heavy atom. The fourth-order valence-electron chi connectivity index (χ4n) is 3.74. The van der Waals surface area contributed by atoms with Gasteiger partial charge in [-0.1, -0.05) is 12.1 Å². The van der Waals surface area contributed by atoms with Gasteiger partial charge in [0.1, 0.15) is 5.75 Å². The molecule has 4 rings (SSSR count). The largest absolute Gasteiger partial charge is 0.497 e. The number of aromatic nitrogens is 2. The van der Waals surface area contributed by atoms with Crippen molar-refractivity contribution in [3.63, 3.8) is 0 Å². The van der Waals surface area contributed by atoms with E-state index < -0.39 is 0 Å². The summed E-state index contributed by atoms with van der Waals surface area (Å²) in [5, 5.41) is 10.2. The Labute approximate surface area is 185 Å². The Morgan fingerprint density at radius 1 is 1.29 bits per heavy atom. The number of carbonyl (C=O) groups excluding carboxylic acids is 2. The zero-order valence-electron chi connectivity index (χ0n) is 17.7. The van der Waals surface area contributed by atoms with Crippen molar-refractivity contribution < 1.29 is 14.3 Å². The fourth-order valence-corrected chi connectivity index (χ4v) is 4.58. The predicted octanol–water partition coefficient (Wildman–Crippen LogP) is 3.77. The van der Waals surface area contributed by atoms with E-state index in [0.29, 0.717) is 38.0 Å². The van der Waals surface area contributed by atoms with Gasteiger partial charge in [0.15, 0.2) is 5.69 Å². The van der Waals surface area contributed by atoms with E-state index in [0.717, 1.165) is 21.9 Å². The molecule has 8 heteroatoms. The number of nitrogens with one attached hydrogen (secondary N) is 2. The fraction of sp³-hybridized carbons (Fsp3) is 0.348. The molecule has 1 unspecified atom stereocenters. The summed E-state index contributed by atoms with van der Waals surface area (Å²) in [4.78, 5) is 29.4. The maximum absolute atomic E-state index is 12.7. The zero-order chi connectivity index (χ0) is 21.8. The number of rotatable bonds is 6. The number of H-pyrrole nitrogens is 1. The van der Waals surface area contributed by atoms with Gasteiger partial charge in [0, 0.05) is 30.4 Å². The number of nitrogens with zero attached hydrogens (tertiary/aromatic N) is 2. The first-order valence-corrected chi connectivity index (χ1v) is 11.2. The molecule has 0 radical (unpaired) electrons. The number of methoxy groups -OCH3 is 1. The van der Waals surface area contributed by atoms with Crippen LogP contribution in [0.4, 0.5) is 0 Å². The number of amides is 2. The average molecular weight is 439 g/mol. The molecule has 0 saturated carbocycles. The number of likely N-dealkylation sites (tertiary alicyclic amines) is 1. The van der Waals surface area contributed by atoms with E-state index in [9.17, 15) is 9.59 Å². The van der Waals surface area contributed by atoms with Crippen LogP contribution in [0, 0.1) is 6.92 Å². The van der Waals surface area contributed by atoms with E-state index in [4.69, 9.17) is 4.74 Å². The molecule has 2 N–H and O–H groups in total. The Kier molecular flexibility index (Phi) is 6.36. The predicted molar refractivity (Wildman–Crippen MR) is 120 cm³/mol. The Balaban J connectivity index is 1.35. The molecule has 3 heterocycles. The topological polar surface area (TPSA) is 87.3 Å². The number of ether oxygens (including phenoxy) is 1. The SMILES string of the molecule is COc1cccc(CN2CCC(NC(=O)c3cc(-c4ccc(C)s4)[nH]n3)CCC2=O)c1. The van der Waals surface area contributed by atoms with Gasteiger partial charge >= 0.3 is 0 Å². The summed E-state index contributed by atoms with van der Waals surface area (Å²) in [6.07, 6.45) is 1.75. The van der Waals surface area contributed by atoms with Gasteiger partial charge in [0.2, 0.25) is 5.91 Å². The van der Waals surface area contributed by atoms with E-state index in [1.807, 2.05) is 48.2 Å². The molecule has 0 spiro atoms. The molecule has 0 aliphatic carbocycles. The molecule has 2 aromatic heterocycles. The number of aryl methyl sites for hydroxylation is 1. The molecule has 1 saturated heterocycles. The van der Waals surface area contributed by atoms with E-state index in [1.54, 1.807) is 24.5 Å². The lowest BCUT2D eigenvalue weighted by Gasteiger charge is -2.21. The molecule has 1 atom stereocenters. The van der Waals surface area contributed by atoms with Crippen LogP contribution in [-0.2, 0) is 11.3 Å². The van der Waals surface area contributed by atoms with Crippen LogP contribution >= 0.6 is 11.3 Å². The lowest BCUT2D eigenvalue weighted by Crippen LogP contribution is -2.36. The average Bonchev–Trinajstić information content (AvgIpc) is 3.40. The molecule has 162 valence electrons. The standard InChI is InChI=1S/C23H26N4O3S/c1-15-6-8-21(31-15)19-13-20(26-25-19)23(29)24-17-7-9-22(28)27(11-10-17)14-16-4-3-5-18(12-16)30-2/h3-6,8,12-13,17H,7,9-11,14H2,1-2H3,(H,24,29)(H,25,26). The molecule has 31 heavy (non-hydrogen) atoms. The number of thiophene rings is 1. The van der Waals surface area contributed by atoms with Gasteiger partial charge in [-0.25, -0.2) is 0 Å². The minimum Gasteiger partial charge on any atom is -0.497 e. The monoisotopic (exact) mass is 438 g/mol. The molecule has 1 fully saturated rings. The molecule has 0 bridgehead atoms.